The lowest BCUT2D eigenvalue weighted by atomic mass is 10.1. The van der Waals surface area contributed by atoms with Crippen molar-refractivity contribution in [2.75, 3.05) is 26.7 Å². The van der Waals surface area contributed by atoms with Crippen LogP contribution < -0.4 is 5.32 Å². The number of methoxy groups -OCH3 is 1. The molecule has 6 nitrogen and oxygen atoms in total. The third-order valence-electron chi connectivity index (χ3n) is 3.17. The molecule has 1 aromatic rings. The van der Waals surface area contributed by atoms with Gasteiger partial charge in [-0.05, 0) is 6.92 Å². The van der Waals surface area contributed by atoms with Crippen LogP contribution in [-0.2, 0) is 9.53 Å². The Labute approximate surface area is 100 Å². The summed E-state index contributed by atoms with van der Waals surface area (Å²) in [6, 6.07) is -0.0364. The maximum absolute atomic E-state index is 11.5. The third-order valence-corrected chi connectivity index (χ3v) is 3.17. The molecule has 1 aliphatic heterocycles. The molecule has 1 saturated heterocycles. The number of aromatic amines is 1. The summed E-state index contributed by atoms with van der Waals surface area (Å²) in [7, 11) is 1.42. The highest BCUT2D eigenvalue weighted by Gasteiger charge is 2.28. The Morgan fingerprint density at radius 1 is 1.71 bits per heavy atom. The van der Waals surface area contributed by atoms with Crippen molar-refractivity contribution in [1.29, 1.82) is 0 Å². The number of carbonyl (C=O) groups is 1. The summed E-state index contributed by atoms with van der Waals surface area (Å²) in [4.78, 5) is 20.8. The van der Waals surface area contributed by atoms with Gasteiger partial charge in [-0.15, -0.1) is 0 Å². The summed E-state index contributed by atoms with van der Waals surface area (Å²) >= 11 is 0. The summed E-state index contributed by atoms with van der Waals surface area (Å²) in [6.45, 7) is 4.33. The molecule has 0 bridgehead atoms. The molecule has 0 aliphatic carbocycles. The summed E-state index contributed by atoms with van der Waals surface area (Å²) in [6.07, 6.45) is 3.55. The second-order valence-electron chi connectivity index (χ2n) is 4.19. The van der Waals surface area contributed by atoms with Gasteiger partial charge in [0.1, 0.15) is 6.04 Å². The first kappa shape index (κ1) is 12.1. The van der Waals surface area contributed by atoms with Crippen LogP contribution in [0, 0.1) is 0 Å². The summed E-state index contributed by atoms with van der Waals surface area (Å²) < 4.78 is 4.77. The van der Waals surface area contributed by atoms with Gasteiger partial charge < -0.3 is 15.0 Å². The fraction of sp³-hybridized carbons (Fsp3) is 0.636. The average Bonchev–Trinajstić information content (AvgIpc) is 2.91. The maximum atomic E-state index is 11.5. The number of hydrogen-bond acceptors (Lipinski definition) is 5. The molecule has 17 heavy (non-hydrogen) atoms. The van der Waals surface area contributed by atoms with Crippen molar-refractivity contribution in [3.63, 3.8) is 0 Å². The molecule has 2 rings (SSSR count). The van der Waals surface area contributed by atoms with Crippen molar-refractivity contribution in [2.24, 2.45) is 0 Å². The molecule has 2 N–H and O–H groups in total. The quantitative estimate of drug-likeness (QED) is 0.721. The molecule has 6 heteroatoms. The van der Waals surface area contributed by atoms with Crippen LogP contribution in [0.25, 0.3) is 0 Å². The van der Waals surface area contributed by atoms with E-state index in [9.17, 15) is 4.79 Å². The highest BCUT2D eigenvalue weighted by atomic mass is 16.5. The highest BCUT2D eigenvalue weighted by Crippen LogP contribution is 2.16. The van der Waals surface area contributed by atoms with E-state index in [0.29, 0.717) is 0 Å². The van der Waals surface area contributed by atoms with E-state index in [1.165, 1.54) is 7.11 Å². The Kier molecular flexibility index (Phi) is 3.75. The molecule has 2 heterocycles. The van der Waals surface area contributed by atoms with E-state index in [1.54, 1.807) is 6.33 Å². The number of H-pyrrole nitrogens is 1. The molecular formula is C11H18N4O2. The van der Waals surface area contributed by atoms with Gasteiger partial charge in [0, 0.05) is 25.8 Å². The minimum absolute atomic E-state index is 0.169. The van der Waals surface area contributed by atoms with Gasteiger partial charge in [-0.2, -0.15) is 0 Å². The zero-order valence-corrected chi connectivity index (χ0v) is 10.1. The minimum atomic E-state index is -0.205. The second-order valence-corrected chi connectivity index (χ2v) is 4.19. The fourth-order valence-corrected chi connectivity index (χ4v) is 2.10. The van der Waals surface area contributed by atoms with Gasteiger partial charge in [-0.25, -0.2) is 4.98 Å². The average molecular weight is 238 g/mol. The molecule has 0 amide bonds. The third kappa shape index (κ3) is 2.65. The number of piperazine rings is 1. The number of esters is 1. The van der Waals surface area contributed by atoms with Crippen LogP contribution in [0.1, 0.15) is 18.7 Å². The Hall–Kier alpha value is -1.40. The summed E-state index contributed by atoms with van der Waals surface area (Å²) in [5.74, 6) is -0.187. The van der Waals surface area contributed by atoms with Gasteiger partial charge in [0.05, 0.1) is 25.2 Å². The first-order chi connectivity index (χ1) is 8.22. The zero-order chi connectivity index (χ0) is 12.3. The normalized spacial score (nSPS) is 23.3. The molecular weight excluding hydrogens is 220 g/mol. The molecule has 1 aromatic heterocycles. The predicted molar refractivity (Wildman–Crippen MR) is 62.4 cm³/mol. The second kappa shape index (κ2) is 5.29. The van der Waals surface area contributed by atoms with Crippen molar-refractivity contribution < 1.29 is 9.53 Å². The Morgan fingerprint density at radius 3 is 3.18 bits per heavy atom. The predicted octanol–water partition coefficient (Wildman–Crippen LogP) is -0.0825. The SMILES string of the molecule is COC(=O)C(C)N1CCNC(c2c[nH]cn2)C1. The van der Waals surface area contributed by atoms with E-state index in [0.717, 1.165) is 25.3 Å². The van der Waals surface area contributed by atoms with Gasteiger partial charge in [-0.3, -0.25) is 9.69 Å². The van der Waals surface area contributed by atoms with Crippen LogP contribution in [0.2, 0.25) is 0 Å². The van der Waals surface area contributed by atoms with Crippen LogP contribution in [0.15, 0.2) is 12.5 Å². The zero-order valence-electron chi connectivity index (χ0n) is 10.1. The van der Waals surface area contributed by atoms with Crippen LogP contribution in [0.4, 0.5) is 0 Å². The van der Waals surface area contributed by atoms with Gasteiger partial charge >= 0.3 is 5.97 Å². The Bertz CT molecular complexity index is 366. The summed E-state index contributed by atoms with van der Waals surface area (Å²) in [5, 5.41) is 3.39. The lowest BCUT2D eigenvalue weighted by Gasteiger charge is -2.35. The van der Waals surface area contributed by atoms with E-state index in [4.69, 9.17) is 4.74 Å². The number of rotatable bonds is 3. The monoisotopic (exact) mass is 238 g/mol. The van der Waals surface area contributed by atoms with E-state index >= 15 is 0 Å². The fourth-order valence-electron chi connectivity index (χ4n) is 2.10. The number of imidazole rings is 1. The highest BCUT2D eigenvalue weighted by molar-refractivity contribution is 5.75. The minimum Gasteiger partial charge on any atom is -0.468 e. The van der Waals surface area contributed by atoms with E-state index in [2.05, 4.69) is 20.2 Å². The molecule has 0 radical (unpaired) electrons. The van der Waals surface area contributed by atoms with Crippen molar-refractivity contribution >= 4 is 5.97 Å². The molecule has 0 spiro atoms. The molecule has 1 aliphatic rings. The smallest absolute Gasteiger partial charge is 0.322 e. The molecule has 0 saturated carbocycles. The van der Waals surface area contributed by atoms with Crippen LogP contribution in [0.5, 0.6) is 0 Å². The molecule has 2 atom stereocenters. The number of carbonyl (C=O) groups excluding carboxylic acids is 1. The first-order valence-electron chi connectivity index (χ1n) is 5.76. The van der Waals surface area contributed by atoms with Gasteiger partial charge in [0.2, 0.25) is 0 Å². The summed E-state index contributed by atoms with van der Waals surface area (Å²) in [5.41, 5.74) is 0.978. The van der Waals surface area contributed by atoms with Crippen molar-refractivity contribution in [3.05, 3.63) is 18.2 Å². The lowest BCUT2D eigenvalue weighted by Crippen LogP contribution is -2.51. The molecule has 2 unspecified atom stereocenters. The van der Waals surface area contributed by atoms with Gasteiger partial charge in [0.15, 0.2) is 0 Å². The number of aromatic nitrogens is 2. The number of ether oxygens (including phenoxy) is 1. The molecule has 94 valence electrons. The van der Waals surface area contributed by atoms with Crippen molar-refractivity contribution in [2.45, 2.75) is 19.0 Å². The standard InChI is InChI=1S/C11H18N4O2/c1-8(11(16)17-2)15-4-3-13-10(6-15)9-5-12-7-14-9/h5,7-8,10,13H,3-4,6H2,1-2H3,(H,12,14). The first-order valence-corrected chi connectivity index (χ1v) is 5.76. The van der Waals surface area contributed by atoms with E-state index in [-0.39, 0.29) is 18.1 Å². The topological polar surface area (TPSA) is 70.2 Å². The number of nitrogens with zero attached hydrogens (tertiary/aromatic N) is 2. The van der Waals surface area contributed by atoms with Gasteiger partial charge in [-0.1, -0.05) is 0 Å². The van der Waals surface area contributed by atoms with E-state index < -0.39 is 0 Å². The molecule has 1 fully saturated rings. The van der Waals surface area contributed by atoms with Crippen molar-refractivity contribution in [1.82, 2.24) is 20.2 Å². The largest absolute Gasteiger partial charge is 0.468 e. The van der Waals surface area contributed by atoms with Crippen LogP contribution in [0.3, 0.4) is 0 Å². The van der Waals surface area contributed by atoms with E-state index in [1.807, 2.05) is 13.1 Å². The number of nitrogens with one attached hydrogen (secondary N) is 2. The molecule has 0 aromatic carbocycles. The maximum Gasteiger partial charge on any atom is 0.322 e. The van der Waals surface area contributed by atoms with Crippen molar-refractivity contribution in [3.8, 4) is 0 Å². The Morgan fingerprint density at radius 2 is 2.53 bits per heavy atom. The van der Waals surface area contributed by atoms with Crippen LogP contribution in [-0.4, -0.2) is 53.6 Å². The number of hydrogen-bond donors (Lipinski definition) is 2. The Balaban J connectivity index is 2.00. The lowest BCUT2D eigenvalue weighted by molar-refractivity contribution is -0.146. The van der Waals surface area contributed by atoms with Crippen LogP contribution >= 0.6 is 0 Å². The van der Waals surface area contributed by atoms with Gasteiger partial charge in [0.25, 0.3) is 0 Å².